The summed E-state index contributed by atoms with van der Waals surface area (Å²) in [5, 5.41) is 3.79. The Morgan fingerprint density at radius 1 is 1.37 bits per heavy atom. The van der Waals surface area contributed by atoms with E-state index in [1.165, 1.54) is 12.1 Å². The van der Waals surface area contributed by atoms with Crippen molar-refractivity contribution < 1.29 is 13.7 Å². The minimum absolute atomic E-state index is 0.140. The highest BCUT2D eigenvalue weighted by atomic mass is 19.1. The van der Waals surface area contributed by atoms with Crippen molar-refractivity contribution in [1.29, 1.82) is 0 Å². The number of hydrogen-bond donors (Lipinski definition) is 1. The van der Waals surface area contributed by atoms with Crippen LogP contribution in [-0.4, -0.2) is 10.1 Å². The van der Waals surface area contributed by atoms with Gasteiger partial charge in [0.25, 0.3) is 0 Å². The summed E-state index contributed by atoms with van der Waals surface area (Å²) < 4.78 is 23.7. The molecule has 2 aromatic rings. The largest absolute Gasteiger partial charge is 0.485 e. The van der Waals surface area contributed by atoms with Crippen LogP contribution in [0.4, 0.5) is 4.39 Å². The first kappa shape index (κ1) is 13.5. The highest BCUT2D eigenvalue weighted by Crippen LogP contribution is 2.17. The van der Waals surface area contributed by atoms with E-state index in [0.717, 1.165) is 12.8 Å². The highest BCUT2D eigenvalue weighted by Gasteiger charge is 2.07. The molecule has 6 heteroatoms. The Hall–Kier alpha value is -1.95. The third-order valence-electron chi connectivity index (χ3n) is 2.51. The summed E-state index contributed by atoms with van der Waals surface area (Å²) in [6, 6.07) is 4.36. The van der Waals surface area contributed by atoms with Gasteiger partial charge in [0.1, 0.15) is 11.6 Å². The molecule has 0 saturated carbocycles. The van der Waals surface area contributed by atoms with E-state index in [9.17, 15) is 4.39 Å². The van der Waals surface area contributed by atoms with Crippen molar-refractivity contribution in [1.82, 2.24) is 10.1 Å². The van der Waals surface area contributed by atoms with Crippen molar-refractivity contribution >= 4 is 0 Å². The lowest BCUT2D eigenvalue weighted by Gasteiger charge is -2.05. The number of nitrogens with zero attached hydrogens (tertiary/aromatic N) is 2. The number of aryl methyl sites for hydroxylation is 1. The van der Waals surface area contributed by atoms with Crippen LogP contribution in [0.1, 0.15) is 30.6 Å². The first-order valence-electron chi connectivity index (χ1n) is 6.15. The number of rotatable bonds is 6. The summed E-state index contributed by atoms with van der Waals surface area (Å²) in [4.78, 5) is 4.16. The van der Waals surface area contributed by atoms with Gasteiger partial charge >= 0.3 is 0 Å². The maximum atomic E-state index is 13.3. The number of hydrogen-bond acceptors (Lipinski definition) is 5. The molecular formula is C13H16FN3O2. The molecule has 2 N–H and O–H groups in total. The quantitative estimate of drug-likeness (QED) is 0.866. The second-order valence-electron chi connectivity index (χ2n) is 4.14. The van der Waals surface area contributed by atoms with Gasteiger partial charge in [0, 0.05) is 19.0 Å². The van der Waals surface area contributed by atoms with Gasteiger partial charge in [-0.2, -0.15) is 4.98 Å². The Bertz CT molecular complexity index is 542. The fourth-order valence-electron chi connectivity index (χ4n) is 1.63. The van der Waals surface area contributed by atoms with Crippen LogP contribution in [0, 0.1) is 5.82 Å². The van der Waals surface area contributed by atoms with Crippen LogP contribution in [0.25, 0.3) is 0 Å². The molecular weight excluding hydrogens is 249 g/mol. The third kappa shape index (κ3) is 3.75. The molecule has 0 spiro atoms. The Balaban J connectivity index is 1.99. The van der Waals surface area contributed by atoms with Gasteiger partial charge in [0.15, 0.2) is 6.61 Å². The molecule has 0 aliphatic rings. The van der Waals surface area contributed by atoms with Gasteiger partial charge in [-0.3, -0.25) is 0 Å². The standard InChI is InChI=1S/C13H16FN3O2/c1-2-3-13-16-12(17-19-13)8-18-11-5-9(7-15)4-10(14)6-11/h4-6H,2-3,7-8,15H2,1H3. The zero-order valence-corrected chi connectivity index (χ0v) is 10.7. The molecule has 0 saturated heterocycles. The topological polar surface area (TPSA) is 74.2 Å². The van der Waals surface area contributed by atoms with Crippen LogP contribution in [0.15, 0.2) is 22.7 Å². The van der Waals surface area contributed by atoms with E-state index in [1.54, 1.807) is 6.07 Å². The van der Waals surface area contributed by atoms with E-state index in [2.05, 4.69) is 10.1 Å². The van der Waals surface area contributed by atoms with Gasteiger partial charge in [-0.1, -0.05) is 12.1 Å². The Labute approximate surface area is 110 Å². The first-order chi connectivity index (χ1) is 9.21. The maximum absolute atomic E-state index is 13.3. The minimum atomic E-state index is -0.377. The monoisotopic (exact) mass is 265 g/mol. The number of halogens is 1. The van der Waals surface area contributed by atoms with Crippen LogP contribution >= 0.6 is 0 Å². The van der Waals surface area contributed by atoms with Crippen molar-refractivity contribution in [3.8, 4) is 5.75 Å². The first-order valence-corrected chi connectivity index (χ1v) is 6.15. The molecule has 102 valence electrons. The molecule has 1 aromatic carbocycles. The lowest BCUT2D eigenvalue weighted by molar-refractivity contribution is 0.283. The summed E-state index contributed by atoms with van der Waals surface area (Å²) in [5.41, 5.74) is 6.15. The number of ether oxygens (including phenoxy) is 1. The molecule has 0 fully saturated rings. The lowest BCUT2D eigenvalue weighted by Crippen LogP contribution is -2.01. The molecule has 0 atom stereocenters. The van der Waals surface area contributed by atoms with Crippen molar-refractivity contribution in [3.63, 3.8) is 0 Å². The molecule has 5 nitrogen and oxygen atoms in total. The van der Waals surface area contributed by atoms with E-state index in [0.29, 0.717) is 23.0 Å². The predicted octanol–water partition coefficient (Wildman–Crippen LogP) is 2.20. The molecule has 0 aliphatic heterocycles. The van der Waals surface area contributed by atoms with Crippen molar-refractivity contribution in [2.24, 2.45) is 5.73 Å². The van der Waals surface area contributed by atoms with Crippen molar-refractivity contribution in [2.75, 3.05) is 0 Å². The van der Waals surface area contributed by atoms with Crippen LogP contribution in [-0.2, 0) is 19.6 Å². The second-order valence-corrected chi connectivity index (χ2v) is 4.14. The summed E-state index contributed by atoms with van der Waals surface area (Å²) >= 11 is 0. The smallest absolute Gasteiger partial charge is 0.226 e. The van der Waals surface area contributed by atoms with Gasteiger partial charge in [-0.05, 0) is 24.1 Å². The van der Waals surface area contributed by atoms with Crippen LogP contribution in [0.5, 0.6) is 5.75 Å². The number of aromatic nitrogens is 2. The predicted molar refractivity (Wildman–Crippen MR) is 66.9 cm³/mol. The van der Waals surface area contributed by atoms with E-state index in [1.807, 2.05) is 6.92 Å². The van der Waals surface area contributed by atoms with Crippen molar-refractivity contribution in [3.05, 3.63) is 41.3 Å². The number of benzene rings is 1. The summed E-state index contributed by atoms with van der Waals surface area (Å²) in [7, 11) is 0. The fraction of sp³-hybridized carbons (Fsp3) is 0.385. The molecule has 19 heavy (non-hydrogen) atoms. The summed E-state index contributed by atoms with van der Waals surface area (Å²) in [5.74, 6) is 1.06. The Morgan fingerprint density at radius 2 is 2.21 bits per heavy atom. The Kier molecular flexibility index (Phi) is 4.46. The van der Waals surface area contributed by atoms with E-state index in [-0.39, 0.29) is 19.0 Å². The fourth-order valence-corrected chi connectivity index (χ4v) is 1.63. The highest BCUT2D eigenvalue weighted by molar-refractivity contribution is 5.29. The lowest BCUT2D eigenvalue weighted by atomic mass is 10.2. The molecule has 1 aromatic heterocycles. The van der Waals surface area contributed by atoms with Crippen LogP contribution < -0.4 is 10.5 Å². The molecule has 1 heterocycles. The van der Waals surface area contributed by atoms with Gasteiger partial charge in [0.2, 0.25) is 11.7 Å². The molecule has 0 aliphatic carbocycles. The average molecular weight is 265 g/mol. The van der Waals surface area contributed by atoms with Crippen LogP contribution in [0.2, 0.25) is 0 Å². The zero-order chi connectivity index (χ0) is 13.7. The summed E-state index contributed by atoms with van der Waals surface area (Å²) in [6.45, 7) is 2.43. The molecule has 2 rings (SSSR count). The SMILES string of the molecule is CCCc1nc(COc2cc(F)cc(CN)c2)no1. The van der Waals surface area contributed by atoms with E-state index < -0.39 is 0 Å². The Morgan fingerprint density at radius 3 is 2.95 bits per heavy atom. The van der Waals surface area contributed by atoms with E-state index >= 15 is 0 Å². The summed E-state index contributed by atoms with van der Waals surface area (Å²) in [6.07, 6.45) is 1.68. The van der Waals surface area contributed by atoms with Gasteiger partial charge in [-0.15, -0.1) is 0 Å². The van der Waals surface area contributed by atoms with Gasteiger partial charge in [-0.25, -0.2) is 4.39 Å². The third-order valence-corrected chi connectivity index (χ3v) is 2.51. The molecule has 0 unspecified atom stereocenters. The second kappa shape index (κ2) is 6.29. The molecule has 0 radical (unpaired) electrons. The minimum Gasteiger partial charge on any atom is -0.485 e. The zero-order valence-electron chi connectivity index (χ0n) is 10.7. The average Bonchev–Trinajstić information content (AvgIpc) is 2.84. The van der Waals surface area contributed by atoms with Crippen molar-refractivity contribution in [2.45, 2.75) is 32.9 Å². The molecule has 0 amide bonds. The van der Waals surface area contributed by atoms with Gasteiger partial charge < -0.3 is 15.0 Å². The molecule has 0 bridgehead atoms. The van der Waals surface area contributed by atoms with E-state index in [4.69, 9.17) is 15.0 Å². The van der Waals surface area contributed by atoms with Crippen LogP contribution in [0.3, 0.4) is 0 Å². The normalized spacial score (nSPS) is 10.7. The number of nitrogens with two attached hydrogens (primary N) is 1. The maximum Gasteiger partial charge on any atom is 0.226 e. The van der Waals surface area contributed by atoms with Gasteiger partial charge in [0.05, 0.1) is 0 Å².